The van der Waals surface area contributed by atoms with Gasteiger partial charge in [-0.05, 0) is 25.8 Å². The molecule has 1 unspecified atom stereocenters. The van der Waals surface area contributed by atoms with E-state index in [1.165, 1.54) is 22.8 Å². The average molecular weight is 336 g/mol. The van der Waals surface area contributed by atoms with Crippen molar-refractivity contribution in [3.8, 4) is 0 Å². The summed E-state index contributed by atoms with van der Waals surface area (Å²) in [5.74, 6) is -0.699. The molecule has 9 nitrogen and oxygen atoms in total. The summed E-state index contributed by atoms with van der Waals surface area (Å²) in [6.07, 6.45) is 1.43. The van der Waals surface area contributed by atoms with Gasteiger partial charge in [0.25, 0.3) is 5.69 Å². The maximum Gasteiger partial charge on any atom is 0.419 e. The number of rotatable bonds is 8. The second kappa shape index (κ2) is 7.73. The van der Waals surface area contributed by atoms with Crippen LogP contribution in [0, 0.1) is 10.1 Å². The fourth-order valence-electron chi connectivity index (χ4n) is 2.31. The van der Waals surface area contributed by atoms with Crippen LogP contribution < -0.4 is 16.8 Å². The smallest absolute Gasteiger partial charge is 0.407 e. The SMILES string of the molecule is CC(N)CCNC(=O)CCCn1c(=O)oc2cc([N+](=O)[O-])ccc21. The molecule has 0 bridgehead atoms. The molecule has 0 aliphatic carbocycles. The van der Waals surface area contributed by atoms with Crippen LogP contribution in [0.5, 0.6) is 0 Å². The number of non-ortho nitro benzene ring substituents is 1. The number of hydrogen-bond acceptors (Lipinski definition) is 6. The van der Waals surface area contributed by atoms with Gasteiger partial charge in [0.05, 0.1) is 16.5 Å². The molecule has 0 aliphatic heterocycles. The van der Waals surface area contributed by atoms with Crippen molar-refractivity contribution in [1.82, 2.24) is 9.88 Å². The lowest BCUT2D eigenvalue weighted by Crippen LogP contribution is -2.29. The Morgan fingerprint density at radius 1 is 1.50 bits per heavy atom. The molecule has 130 valence electrons. The summed E-state index contributed by atoms with van der Waals surface area (Å²) in [4.78, 5) is 33.7. The number of aromatic nitrogens is 1. The van der Waals surface area contributed by atoms with Crippen LogP contribution in [0.2, 0.25) is 0 Å². The van der Waals surface area contributed by atoms with Crippen molar-refractivity contribution in [3.05, 3.63) is 38.9 Å². The number of nitro benzene ring substituents is 1. The molecular weight excluding hydrogens is 316 g/mol. The Hall–Kier alpha value is -2.68. The minimum atomic E-state index is -0.595. The van der Waals surface area contributed by atoms with Crippen LogP contribution in [-0.4, -0.2) is 28.0 Å². The zero-order chi connectivity index (χ0) is 17.7. The van der Waals surface area contributed by atoms with Gasteiger partial charge in [-0.1, -0.05) is 0 Å². The number of carbonyl (C=O) groups is 1. The molecule has 0 aliphatic rings. The molecule has 1 heterocycles. The Morgan fingerprint density at radius 3 is 2.92 bits per heavy atom. The highest BCUT2D eigenvalue weighted by molar-refractivity contribution is 5.76. The number of fused-ring (bicyclic) bond motifs is 1. The number of nitrogens with one attached hydrogen (secondary N) is 1. The van der Waals surface area contributed by atoms with E-state index in [2.05, 4.69) is 5.32 Å². The quantitative estimate of drug-likeness (QED) is 0.548. The number of aryl methyl sites for hydroxylation is 1. The van der Waals surface area contributed by atoms with Crippen LogP contribution in [-0.2, 0) is 11.3 Å². The van der Waals surface area contributed by atoms with Gasteiger partial charge in [-0.2, -0.15) is 0 Å². The minimum Gasteiger partial charge on any atom is -0.407 e. The van der Waals surface area contributed by atoms with E-state index in [4.69, 9.17) is 10.2 Å². The van der Waals surface area contributed by atoms with E-state index < -0.39 is 10.7 Å². The van der Waals surface area contributed by atoms with Gasteiger partial charge >= 0.3 is 5.76 Å². The number of oxazole rings is 1. The third kappa shape index (κ3) is 4.42. The van der Waals surface area contributed by atoms with Crippen molar-refractivity contribution in [1.29, 1.82) is 0 Å². The summed E-state index contributed by atoms with van der Waals surface area (Å²) < 4.78 is 6.40. The molecule has 0 spiro atoms. The molecule has 2 aromatic rings. The van der Waals surface area contributed by atoms with Crippen molar-refractivity contribution < 1.29 is 14.1 Å². The molecule has 24 heavy (non-hydrogen) atoms. The van der Waals surface area contributed by atoms with Crippen LogP contribution >= 0.6 is 0 Å². The largest absolute Gasteiger partial charge is 0.419 e. The first-order chi connectivity index (χ1) is 11.4. The summed E-state index contributed by atoms with van der Waals surface area (Å²) in [7, 11) is 0. The van der Waals surface area contributed by atoms with Crippen LogP contribution in [0.3, 0.4) is 0 Å². The third-order valence-electron chi connectivity index (χ3n) is 3.57. The van der Waals surface area contributed by atoms with Crippen molar-refractivity contribution in [2.24, 2.45) is 5.73 Å². The first-order valence-corrected chi connectivity index (χ1v) is 7.68. The molecular formula is C15H20N4O5. The number of hydrogen-bond donors (Lipinski definition) is 2. The number of nitrogens with zero attached hydrogens (tertiary/aromatic N) is 2. The number of carbonyl (C=O) groups excluding carboxylic acids is 1. The number of nitro groups is 1. The van der Waals surface area contributed by atoms with Crippen molar-refractivity contribution >= 4 is 22.7 Å². The lowest BCUT2D eigenvalue weighted by molar-refractivity contribution is -0.384. The molecule has 0 saturated heterocycles. The fourth-order valence-corrected chi connectivity index (χ4v) is 2.31. The molecule has 0 saturated carbocycles. The molecule has 3 N–H and O–H groups in total. The molecule has 1 aromatic carbocycles. The molecule has 2 rings (SSSR count). The zero-order valence-corrected chi connectivity index (χ0v) is 13.4. The first kappa shape index (κ1) is 17.7. The van der Waals surface area contributed by atoms with Gasteiger partial charge in [0.2, 0.25) is 5.91 Å². The standard InChI is InChI=1S/C15H20N4O5/c1-10(16)6-7-17-14(20)3-2-8-18-12-5-4-11(19(22)23)9-13(12)24-15(18)21/h4-5,9-10H,2-3,6-8,16H2,1H3,(H,17,20). The van der Waals surface area contributed by atoms with E-state index in [-0.39, 0.29) is 29.6 Å². The molecule has 1 atom stereocenters. The molecule has 0 fully saturated rings. The van der Waals surface area contributed by atoms with Gasteiger partial charge in [0, 0.05) is 31.6 Å². The van der Waals surface area contributed by atoms with Gasteiger partial charge in [0.15, 0.2) is 5.58 Å². The predicted molar refractivity (Wildman–Crippen MR) is 87.6 cm³/mol. The molecule has 1 amide bonds. The van der Waals surface area contributed by atoms with Crippen LogP contribution in [0.15, 0.2) is 27.4 Å². The van der Waals surface area contributed by atoms with E-state index in [0.717, 1.165) is 0 Å². The summed E-state index contributed by atoms with van der Waals surface area (Å²) in [5, 5.41) is 13.5. The van der Waals surface area contributed by atoms with E-state index in [9.17, 15) is 19.7 Å². The fraction of sp³-hybridized carbons (Fsp3) is 0.467. The Morgan fingerprint density at radius 2 is 2.25 bits per heavy atom. The van der Waals surface area contributed by atoms with Crippen LogP contribution in [0.25, 0.3) is 11.1 Å². The first-order valence-electron chi connectivity index (χ1n) is 7.68. The lowest BCUT2D eigenvalue weighted by Gasteiger charge is -2.07. The van der Waals surface area contributed by atoms with Crippen LogP contribution in [0.4, 0.5) is 5.69 Å². The van der Waals surface area contributed by atoms with E-state index in [1.807, 2.05) is 6.92 Å². The van der Waals surface area contributed by atoms with Gasteiger partial charge in [-0.3, -0.25) is 19.5 Å². The molecule has 0 radical (unpaired) electrons. The van der Waals surface area contributed by atoms with Crippen molar-refractivity contribution in [3.63, 3.8) is 0 Å². The highest BCUT2D eigenvalue weighted by atomic mass is 16.6. The number of amides is 1. The highest BCUT2D eigenvalue weighted by Gasteiger charge is 2.14. The maximum absolute atomic E-state index is 11.9. The molecule has 9 heteroatoms. The predicted octanol–water partition coefficient (Wildman–Crippen LogP) is 1.14. The van der Waals surface area contributed by atoms with Gasteiger partial charge in [0.1, 0.15) is 0 Å². The Bertz CT molecular complexity index is 793. The average Bonchev–Trinajstić information content (AvgIpc) is 2.82. The van der Waals surface area contributed by atoms with Crippen molar-refractivity contribution in [2.75, 3.05) is 6.54 Å². The summed E-state index contributed by atoms with van der Waals surface area (Å²) in [6.45, 7) is 2.69. The summed E-state index contributed by atoms with van der Waals surface area (Å²) in [6, 6.07) is 4.04. The Balaban J connectivity index is 1.95. The lowest BCUT2D eigenvalue weighted by atomic mass is 10.2. The van der Waals surface area contributed by atoms with E-state index in [0.29, 0.717) is 31.4 Å². The topological polar surface area (TPSA) is 133 Å². The van der Waals surface area contributed by atoms with E-state index in [1.54, 1.807) is 0 Å². The monoisotopic (exact) mass is 336 g/mol. The normalized spacial score (nSPS) is 12.2. The maximum atomic E-state index is 11.9. The number of benzene rings is 1. The second-order valence-corrected chi connectivity index (χ2v) is 5.65. The third-order valence-corrected chi connectivity index (χ3v) is 3.57. The van der Waals surface area contributed by atoms with E-state index >= 15 is 0 Å². The second-order valence-electron chi connectivity index (χ2n) is 5.65. The molecule has 1 aromatic heterocycles. The Kier molecular flexibility index (Phi) is 5.69. The summed E-state index contributed by atoms with van der Waals surface area (Å²) >= 11 is 0. The Labute approximate surface area is 137 Å². The minimum absolute atomic E-state index is 0.0326. The van der Waals surface area contributed by atoms with Gasteiger partial charge < -0.3 is 15.5 Å². The van der Waals surface area contributed by atoms with Crippen LogP contribution in [0.1, 0.15) is 26.2 Å². The highest BCUT2D eigenvalue weighted by Crippen LogP contribution is 2.20. The zero-order valence-electron chi connectivity index (χ0n) is 13.4. The number of nitrogens with two attached hydrogens (primary N) is 1. The van der Waals surface area contributed by atoms with Gasteiger partial charge in [-0.15, -0.1) is 0 Å². The van der Waals surface area contributed by atoms with Gasteiger partial charge in [-0.25, -0.2) is 4.79 Å². The summed E-state index contributed by atoms with van der Waals surface area (Å²) in [5.41, 5.74) is 6.10. The van der Waals surface area contributed by atoms with Crippen molar-refractivity contribution in [2.45, 2.75) is 38.8 Å².